The largest absolute Gasteiger partial charge is 0.497 e. The smallest absolute Gasteiger partial charge is 0.252 e. The summed E-state index contributed by atoms with van der Waals surface area (Å²) in [4.78, 5) is 12.9. The molecule has 1 N–H and O–H groups in total. The maximum atomic E-state index is 14.6. The number of benzene rings is 3. The fraction of sp³-hybridized carbons (Fsp3) is 0.0870. The molecule has 1 atom stereocenters. The Morgan fingerprint density at radius 1 is 1.00 bits per heavy atom. The first kappa shape index (κ1) is 19.3. The van der Waals surface area contributed by atoms with Crippen LogP contribution < -0.4 is 10.1 Å². The normalized spacial score (nSPS) is 11.7. The Kier molecular flexibility index (Phi) is 5.52. The molecule has 0 aliphatic rings. The molecule has 6 nitrogen and oxygen atoms in total. The van der Waals surface area contributed by atoms with Crippen molar-refractivity contribution in [3.05, 3.63) is 102 Å². The van der Waals surface area contributed by atoms with E-state index >= 15 is 0 Å². The minimum atomic E-state index is -0.963. The molecule has 0 aliphatic heterocycles. The van der Waals surface area contributed by atoms with Gasteiger partial charge in [0.25, 0.3) is 5.91 Å². The van der Waals surface area contributed by atoms with Crippen LogP contribution in [0.15, 0.2) is 83.3 Å². The molecule has 1 amide bonds. The van der Waals surface area contributed by atoms with Crippen molar-refractivity contribution >= 4 is 5.91 Å². The van der Waals surface area contributed by atoms with Crippen LogP contribution in [0.2, 0.25) is 0 Å². The van der Waals surface area contributed by atoms with Gasteiger partial charge in [-0.25, -0.2) is 4.39 Å². The highest BCUT2D eigenvalue weighted by Crippen LogP contribution is 2.27. The van der Waals surface area contributed by atoms with Gasteiger partial charge in [-0.15, -0.1) is 10.2 Å². The Morgan fingerprint density at radius 3 is 2.53 bits per heavy atom. The van der Waals surface area contributed by atoms with E-state index in [1.807, 2.05) is 30.3 Å². The number of hydrogen-bond acceptors (Lipinski definition) is 5. The Morgan fingerprint density at radius 2 is 1.77 bits per heavy atom. The lowest BCUT2D eigenvalue weighted by atomic mass is 10.1. The van der Waals surface area contributed by atoms with Gasteiger partial charge in [0, 0.05) is 16.7 Å². The number of hydrogen-bond donors (Lipinski definition) is 1. The molecule has 1 heterocycles. The van der Waals surface area contributed by atoms with Gasteiger partial charge >= 0.3 is 0 Å². The van der Waals surface area contributed by atoms with Gasteiger partial charge in [-0.3, -0.25) is 4.79 Å². The quantitative estimate of drug-likeness (QED) is 0.516. The number of ether oxygens (including phenoxy) is 1. The van der Waals surface area contributed by atoms with Crippen molar-refractivity contribution in [2.24, 2.45) is 0 Å². The van der Waals surface area contributed by atoms with Crippen molar-refractivity contribution in [2.45, 2.75) is 6.04 Å². The van der Waals surface area contributed by atoms with Crippen LogP contribution in [0.4, 0.5) is 4.39 Å². The zero-order chi connectivity index (χ0) is 20.9. The molecular formula is C23H18FN3O3. The number of carbonyl (C=O) groups excluding carboxylic acids is 1. The molecule has 150 valence electrons. The predicted octanol–water partition coefficient (Wildman–Crippen LogP) is 4.40. The molecular weight excluding hydrogens is 385 g/mol. The van der Waals surface area contributed by atoms with Crippen molar-refractivity contribution in [1.82, 2.24) is 15.5 Å². The number of methoxy groups -OCH3 is 1. The lowest BCUT2D eigenvalue weighted by Gasteiger charge is -2.16. The summed E-state index contributed by atoms with van der Waals surface area (Å²) in [5.74, 6) is -0.0264. The minimum Gasteiger partial charge on any atom is -0.497 e. The van der Waals surface area contributed by atoms with Crippen molar-refractivity contribution in [3.63, 3.8) is 0 Å². The van der Waals surface area contributed by atoms with E-state index in [0.717, 1.165) is 5.56 Å². The van der Waals surface area contributed by atoms with Crippen LogP contribution in [0, 0.1) is 5.82 Å². The molecule has 0 bridgehead atoms. The summed E-state index contributed by atoms with van der Waals surface area (Å²) in [5.41, 5.74) is 1.30. The number of aromatic nitrogens is 2. The number of amides is 1. The van der Waals surface area contributed by atoms with Crippen molar-refractivity contribution < 1.29 is 18.3 Å². The second-order valence-corrected chi connectivity index (χ2v) is 6.47. The fourth-order valence-corrected chi connectivity index (χ4v) is 3.01. The molecule has 1 aromatic heterocycles. The van der Waals surface area contributed by atoms with E-state index in [2.05, 4.69) is 15.5 Å². The molecule has 0 spiro atoms. The van der Waals surface area contributed by atoms with Crippen LogP contribution in [-0.2, 0) is 0 Å². The average molecular weight is 403 g/mol. The molecule has 30 heavy (non-hydrogen) atoms. The summed E-state index contributed by atoms with van der Waals surface area (Å²) >= 11 is 0. The molecule has 0 fully saturated rings. The summed E-state index contributed by atoms with van der Waals surface area (Å²) in [6.45, 7) is 0. The lowest BCUT2D eigenvalue weighted by Crippen LogP contribution is -2.30. The third-order valence-corrected chi connectivity index (χ3v) is 4.53. The van der Waals surface area contributed by atoms with E-state index in [0.29, 0.717) is 11.3 Å². The highest BCUT2D eigenvalue weighted by atomic mass is 19.1. The van der Waals surface area contributed by atoms with Gasteiger partial charge in [0.15, 0.2) is 0 Å². The molecule has 4 aromatic rings. The standard InChI is InChI=1S/C23H18FN3O3/c1-29-17-11-7-10-16(14-17)21(28)25-20(18-12-5-6-13-19(18)24)23-27-26-22(30-23)15-8-3-2-4-9-15/h2-14,20H,1H3,(H,25,28)/t20-/m0/s1. The zero-order valence-electron chi connectivity index (χ0n) is 16.1. The Labute approximate surface area is 172 Å². The van der Waals surface area contributed by atoms with Gasteiger partial charge in [0.1, 0.15) is 17.6 Å². The van der Waals surface area contributed by atoms with E-state index in [9.17, 15) is 9.18 Å². The zero-order valence-corrected chi connectivity index (χ0v) is 16.1. The second kappa shape index (κ2) is 8.57. The van der Waals surface area contributed by atoms with Gasteiger partial charge in [-0.1, -0.05) is 42.5 Å². The summed E-state index contributed by atoms with van der Waals surface area (Å²) in [5, 5.41) is 10.9. The summed E-state index contributed by atoms with van der Waals surface area (Å²) in [6.07, 6.45) is 0. The van der Waals surface area contributed by atoms with Gasteiger partial charge < -0.3 is 14.5 Å². The van der Waals surface area contributed by atoms with E-state index in [4.69, 9.17) is 9.15 Å². The molecule has 0 saturated carbocycles. The maximum Gasteiger partial charge on any atom is 0.252 e. The van der Waals surface area contributed by atoms with E-state index < -0.39 is 17.8 Å². The average Bonchev–Trinajstić information content (AvgIpc) is 3.28. The molecule has 0 radical (unpaired) electrons. The van der Waals surface area contributed by atoms with Crippen LogP contribution in [-0.4, -0.2) is 23.2 Å². The molecule has 4 rings (SSSR count). The lowest BCUT2D eigenvalue weighted by molar-refractivity contribution is 0.0937. The van der Waals surface area contributed by atoms with Crippen molar-refractivity contribution in [1.29, 1.82) is 0 Å². The Hall–Kier alpha value is -4.00. The van der Waals surface area contributed by atoms with Crippen LogP contribution in [0.25, 0.3) is 11.5 Å². The third-order valence-electron chi connectivity index (χ3n) is 4.53. The number of nitrogens with one attached hydrogen (secondary N) is 1. The van der Waals surface area contributed by atoms with E-state index in [1.54, 1.807) is 42.5 Å². The number of rotatable bonds is 6. The highest BCUT2D eigenvalue weighted by molar-refractivity contribution is 5.95. The number of carbonyl (C=O) groups is 1. The SMILES string of the molecule is COc1cccc(C(=O)N[C@H](c2nnc(-c3ccccc3)o2)c2ccccc2F)c1. The van der Waals surface area contributed by atoms with E-state index in [1.165, 1.54) is 13.2 Å². The molecule has 0 unspecified atom stereocenters. The van der Waals surface area contributed by atoms with Crippen LogP contribution in [0.5, 0.6) is 5.75 Å². The van der Waals surface area contributed by atoms with Gasteiger partial charge in [0.2, 0.25) is 11.8 Å². The molecule has 0 aliphatic carbocycles. The summed E-state index contributed by atoms with van der Waals surface area (Å²) in [6, 6.07) is 21.0. The topological polar surface area (TPSA) is 77.2 Å². The van der Waals surface area contributed by atoms with Gasteiger partial charge in [-0.2, -0.15) is 0 Å². The minimum absolute atomic E-state index is 0.0789. The third kappa shape index (κ3) is 4.05. The first-order valence-corrected chi connectivity index (χ1v) is 9.24. The fourth-order valence-electron chi connectivity index (χ4n) is 3.01. The monoisotopic (exact) mass is 403 g/mol. The highest BCUT2D eigenvalue weighted by Gasteiger charge is 2.26. The first-order valence-electron chi connectivity index (χ1n) is 9.24. The molecule has 3 aromatic carbocycles. The van der Waals surface area contributed by atoms with Crippen LogP contribution >= 0.6 is 0 Å². The van der Waals surface area contributed by atoms with Crippen molar-refractivity contribution in [2.75, 3.05) is 7.11 Å². The Bertz CT molecular complexity index is 1160. The second-order valence-electron chi connectivity index (χ2n) is 6.47. The summed E-state index contributed by atoms with van der Waals surface area (Å²) in [7, 11) is 1.52. The van der Waals surface area contributed by atoms with Gasteiger partial charge in [0.05, 0.1) is 7.11 Å². The maximum absolute atomic E-state index is 14.6. The number of nitrogens with zero attached hydrogens (tertiary/aromatic N) is 2. The molecule has 0 saturated heterocycles. The van der Waals surface area contributed by atoms with Crippen LogP contribution in [0.3, 0.4) is 0 Å². The van der Waals surface area contributed by atoms with Crippen LogP contribution in [0.1, 0.15) is 27.9 Å². The number of halogens is 1. The summed E-state index contributed by atoms with van der Waals surface area (Å²) < 4.78 is 25.5. The van der Waals surface area contributed by atoms with Gasteiger partial charge in [-0.05, 0) is 36.4 Å². The van der Waals surface area contributed by atoms with Crippen molar-refractivity contribution in [3.8, 4) is 17.2 Å². The predicted molar refractivity (Wildman–Crippen MR) is 108 cm³/mol. The molecule has 7 heteroatoms. The first-order chi connectivity index (χ1) is 14.7. The Balaban J connectivity index is 1.70. The van der Waals surface area contributed by atoms with E-state index in [-0.39, 0.29) is 17.3 Å².